The van der Waals surface area contributed by atoms with Crippen molar-refractivity contribution in [1.82, 2.24) is 24.6 Å². The molecule has 0 aliphatic heterocycles. The third kappa shape index (κ3) is 2.82. The lowest BCUT2D eigenvalue weighted by Gasteiger charge is -2.34. The Morgan fingerprint density at radius 1 is 1.48 bits per heavy atom. The molecule has 2 aromatic heterocycles. The molecule has 21 heavy (non-hydrogen) atoms. The van der Waals surface area contributed by atoms with Gasteiger partial charge in [-0.25, -0.2) is 15.8 Å². The van der Waals surface area contributed by atoms with Crippen LogP contribution in [0.2, 0.25) is 0 Å². The number of hydrogen-bond acceptors (Lipinski definition) is 7. The molecule has 4 N–H and O–H groups in total. The predicted molar refractivity (Wildman–Crippen MR) is 79.2 cm³/mol. The molecule has 2 heterocycles. The van der Waals surface area contributed by atoms with Crippen molar-refractivity contribution in [2.75, 3.05) is 19.0 Å². The summed E-state index contributed by atoms with van der Waals surface area (Å²) in [6.07, 6.45) is 3.37. The minimum absolute atomic E-state index is 0.113. The molecule has 114 valence electrons. The highest BCUT2D eigenvalue weighted by Crippen LogP contribution is 2.28. The van der Waals surface area contributed by atoms with Gasteiger partial charge in [0.1, 0.15) is 5.82 Å². The molecular weight excluding hydrogens is 270 g/mol. The molecule has 1 fully saturated rings. The van der Waals surface area contributed by atoms with Crippen LogP contribution in [0.15, 0.2) is 6.20 Å². The highest BCUT2D eigenvalue weighted by atomic mass is 16.3. The Hall–Kier alpha value is -1.77. The van der Waals surface area contributed by atoms with Crippen LogP contribution in [0.25, 0.3) is 11.0 Å². The van der Waals surface area contributed by atoms with Crippen molar-refractivity contribution in [3.8, 4) is 0 Å². The van der Waals surface area contributed by atoms with Crippen LogP contribution in [0, 0.1) is 5.92 Å². The quantitative estimate of drug-likeness (QED) is 0.520. The fraction of sp³-hybridized carbons (Fsp3) is 0.615. The highest BCUT2D eigenvalue weighted by Gasteiger charge is 2.28. The largest absolute Gasteiger partial charge is 0.393 e. The van der Waals surface area contributed by atoms with Gasteiger partial charge in [-0.1, -0.05) is 0 Å². The van der Waals surface area contributed by atoms with E-state index in [0.29, 0.717) is 24.1 Å². The van der Waals surface area contributed by atoms with E-state index in [9.17, 15) is 5.11 Å². The summed E-state index contributed by atoms with van der Waals surface area (Å²) < 4.78 is 1.71. The number of aryl methyl sites for hydroxylation is 1. The molecule has 3 rings (SSSR count). The van der Waals surface area contributed by atoms with Gasteiger partial charge in [-0.2, -0.15) is 5.10 Å². The zero-order chi connectivity index (χ0) is 15.0. The molecule has 0 saturated heterocycles. The molecule has 0 amide bonds. The van der Waals surface area contributed by atoms with E-state index in [-0.39, 0.29) is 6.10 Å². The van der Waals surface area contributed by atoms with Crippen LogP contribution >= 0.6 is 0 Å². The second kappa shape index (κ2) is 5.55. The summed E-state index contributed by atoms with van der Waals surface area (Å²) in [4.78, 5) is 11.2. The van der Waals surface area contributed by atoms with E-state index in [1.165, 1.54) is 0 Å². The molecule has 0 unspecified atom stereocenters. The van der Waals surface area contributed by atoms with Crippen LogP contribution in [0.4, 0.5) is 5.82 Å². The van der Waals surface area contributed by atoms with Crippen LogP contribution in [-0.4, -0.2) is 49.5 Å². The number of aliphatic hydroxyl groups excluding tert-OH is 1. The van der Waals surface area contributed by atoms with E-state index in [1.54, 1.807) is 10.9 Å². The second-order valence-corrected chi connectivity index (χ2v) is 5.83. The van der Waals surface area contributed by atoms with E-state index in [2.05, 4.69) is 25.4 Å². The van der Waals surface area contributed by atoms with Crippen LogP contribution < -0.4 is 11.3 Å². The topological polar surface area (TPSA) is 105 Å². The second-order valence-electron chi connectivity index (χ2n) is 5.83. The van der Waals surface area contributed by atoms with E-state index in [4.69, 9.17) is 5.84 Å². The Labute approximate surface area is 122 Å². The van der Waals surface area contributed by atoms with Crippen molar-refractivity contribution in [1.29, 1.82) is 0 Å². The number of nitrogens with two attached hydrogens (primary N) is 1. The van der Waals surface area contributed by atoms with Gasteiger partial charge >= 0.3 is 0 Å². The normalized spacial score (nSPS) is 21.8. The molecular formula is C13H21N7O. The molecule has 8 heteroatoms. The summed E-state index contributed by atoms with van der Waals surface area (Å²) in [5.41, 5.74) is 3.37. The Bertz CT molecular complexity index is 635. The van der Waals surface area contributed by atoms with Crippen molar-refractivity contribution >= 4 is 16.9 Å². The number of hydrazine groups is 1. The van der Waals surface area contributed by atoms with Gasteiger partial charge in [0.2, 0.25) is 0 Å². The lowest BCUT2D eigenvalue weighted by Crippen LogP contribution is -2.37. The van der Waals surface area contributed by atoms with E-state index in [0.717, 1.165) is 30.4 Å². The lowest BCUT2D eigenvalue weighted by molar-refractivity contribution is 0.0271. The molecule has 0 radical (unpaired) electrons. The van der Waals surface area contributed by atoms with E-state index >= 15 is 0 Å². The molecule has 0 spiro atoms. The van der Waals surface area contributed by atoms with Gasteiger partial charge in [-0.3, -0.25) is 9.58 Å². The number of aromatic nitrogens is 4. The van der Waals surface area contributed by atoms with Gasteiger partial charge in [0.15, 0.2) is 11.5 Å². The van der Waals surface area contributed by atoms with Crippen LogP contribution in [0.1, 0.15) is 18.7 Å². The smallest absolute Gasteiger partial charge is 0.163 e. The maximum absolute atomic E-state index is 9.34. The van der Waals surface area contributed by atoms with Crippen molar-refractivity contribution < 1.29 is 5.11 Å². The van der Waals surface area contributed by atoms with Gasteiger partial charge in [-0.05, 0) is 25.8 Å². The molecule has 1 aliphatic rings. The van der Waals surface area contributed by atoms with Crippen molar-refractivity contribution in [2.24, 2.45) is 18.8 Å². The first-order valence-corrected chi connectivity index (χ1v) is 7.08. The Kier molecular flexibility index (Phi) is 3.75. The third-order valence-electron chi connectivity index (χ3n) is 3.97. The number of anilines is 1. The van der Waals surface area contributed by atoms with Crippen LogP contribution in [-0.2, 0) is 13.6 Å². The lowest BCUT2D eigenvalue weighted by atomic mass is 9.82. The summed E-state index contributed by atoms with van der Waals surface area (Å²) >= 11 is 0. The monoisotopic (exact) mass is 291 g/mol. The number of hydrogen-bond donors (Lipinski definition) is 3. The maximum Gasteiger partial charge on any atom is 0.163 e. The summed E-state index contributed by atoms with van der Waals surface area (Å²) in [5, 5.41) is 14.3. The number of aliphatic hydroxyl groups is 1. The molecule has 8 nitrogen and oxygen atoms in total. The van der Waals surface area contributed by atoms with Crippen molar-refractivity contribution in [3.63, 3.8) is 0 Å². The average molecular weight is 291 g/mol. The van der Waals surface area contributed by atoms with Crippen molar-refractivity contribution in [2.45, 2.75) is 25.5 Å². The Morgan fingerprint density at radius 2 is 2.24 bits per heavy atom. The van der Waals surface area contributed by atoms with Crippen LogP contribution in [0.3, 0.4) is 0 Å². The number of nitrogen functional groups attached to an aromatic ring is 1. The molecule has 0 atom stereocenters. The zero-order valence-electron chi connectivity index (χ0n) is 12.3. The maximum atomic E-state index is 9.34. The molecule has 1 aliphatic carbocycles. The van der Waals surface area contributed by atoms with Gasteiger partial charge in [0.25, 0.3) is 0 Å². The fourth-order valence-corrected chi connectivity index (χ4v) is 2.84. The SMILES string of the molecule is CN(Cc1nc(NN)c2cnn(C)c2n1)CC1CC(O)C1. The van der Waals surface area contributed by atoms with Gasteiger partial charge < -0.3 is 10.5 Å². The number of nitrogens with zero attached hydrogens (tertiary/aromatic N) is 5. The van der Waals surface area contributed by atoms with Crippen molar-refractivity contribution in [3.05, 3.63) is 12.0 Å². The molecule has 0 aromatic carbocycles. The predicted octanol–water partition coefficient (Wildman–Crippen LogP) is -0.148. The number of fused-ring (bicyclic) bond motifs is 1. The minimum atomic E-state index is -0.113. The zero-order valence-corrected chi connectivity index (χ0v) is 12.3. The molecule has 0 bridgehead atoms. The number of nitrogens with one attached hydrogen (secondary N) is 1. The van der Waals surface area contributed by atoms with Gasteiger partial charge in [0.05, 0.1) is 24.2 Å². The first-order chi connectivity index (χ1) is 10.1. The first-order valence-electron chi connectivity index (χ1n) is 7.08. The number of rotatable bonds is 5. The Balaban J connectivity index is 1.75. The highest BCUT2D eigenvalue weighted by molar-refractivity contribution is 5.86. The average Bonchev–Trinajstić information content (AvgIpc) is 2.78. The summed E-state index contributed by atoms with van der Waals surface area (Å²) in [6.45, 7) is 1.58. The van der Waals surface area contributed by atoms with E-state index < -0.39 is 0 Å². The van der Waals surface area contributed by atoms with Gasteiger partial charge in [-0.15, -0.1) is 0 Å². The fourth-order valence-electron chi connectivity index (χ4n) is 2.84. The Morgan fingerprint density at radius 3 is 2.90 bits per heavy atom. The van der Waals surface area contributed by atoms with Crippen LogP contribution in [0.5, 0.6) is 0 Å². The standard InChI is InChI=1S/C13H21N7O/c1-19(6-8-3-9(21)4-8)7-11-16-12(18-14)10-5-15-20(2)13(10)17-11/h5,8-9,21H,3-4,6-7,14H2,1-2H3,(H,16,17,18). The summed E-state index contributed by atoms with van der Waals surface area (Å²) in [5.74, 6) is 7.40. The first kappa shape index (κ1) is 14.2. The summed E-state index contributed by atoms with van der Waals surface area (Å²) in [6, 6.07) is 0. The minimum Gasteiger partial charge on any atom is -0.393 e. The third-order valence-corrected chi connectivity index (χ3v) is 3.97. The van der Waals surface area contributed by atoms with Gasteiger partial charge in [0, 0.05) is 13.6 Å². The molecule has 1 saturated carbocycles. The molecule has 2 aromatic rings. The van der Waals surface area contributed by atoms with E-state index in [1.807, 2.05) is 14.1 Å². The summed E-state index contributed by atoms with van der Waals surface area (Å²) in [7, 11) is 3.88.